The van der Waals surface area contributed by atoms with E-state index in [1.165, 1.54) is 0 Å². The number of carbonyl (C=O) groups is 1. The minimum absolute atomic E-state index is 0.119. The molecule has 2 rings (SSSR count). The lowest BCUT2D eigenvalue weighted by Gasteiger charge is -2.36. The summed E-state index contributed by atoms with van der Waals surface area (Å²) in [5.74, 6) is -0.00571. The highest BCUT2D eigenvalue weighted by Crippen LogP contribution is 2.36. The van der Waals surface area contributed by atoms with Crippen LogP contribution >= 0.6 is 0 Å². The minimum atomic E-state index is -0.124. The molecule has 1 aliphatic carbocycles. The fourth-order valence-electron chi connectivity index (χ4n) is 2.38. The Kier molecular flexibility index (Phi) is 2.02. The first-order valence-corrected chi connectivity index (χ1v) is 4.94. The Morgan fingerprint density at radius 2 is 2.15 bits per heavy atom. The van der Waals surface area contributed by atoms with Crippen LogP contribution in [0.2, 0.25) is 0 Å². The third-order valence-corrected chi connectivity index (χ3v) is 3.36. The molecule has 1 amide bonds. The van der Waals surface area contributed by atoms with E-state index in [-0.39, 0.29) is 17.4 Å². The molecule has 72 valence electrons. The molecule has 3 heteroatoms. The van der Waals surface area contributed by atoms with Gasteiger partial charge in [-0.15, -0.1) is 0 Å². The molecule has 0 bridgehead atoms. The molecule has 1 aliphatic heterocycles. The van der Waals surface area contributed by atoms with E-state index in [0.29, 0.717) is 0 Å². The van der Waals surface area contributed by atoms with Crippen LogP contribution < -0.4 is 11.1 Å². The second-order valence-electron chi connectivity index (χ2n) is 4.21. The van der Waals surface area contributed by atoms with E-state index in [1.807, 2.05) is 6.20 Å². The molecule has 3 nitrogen and oxygen atoms in total. The summed E-state index contributed by atoms with van der Waals surface area (Å²) in [6.07, 6.45) is 9.36. The molecule has 0 atom stereocenters. The molecule has 0 aromatic carbocycles. The van der Waals surface area contributed by atoms with Gasteiger partial charge in [0.1, 0.15) is 0 Å². The Hall–Kier alpha value is -0.990. The fourth-order valence-corrected chi connectivity index (χ4v) is 2.38. The van der Waals surface area contributed by atoms with Gasteiger partial charge in [0.25, 0.3) is 0 Å². The van der Waals surface area contributed by atoms with Gasteiger partial charge in [-0.2, -0.15) is 0 Å². The number of rotatable bonds is 1. The van der Waals surface area contributed by atoms with Crippen LogP contribution in [-0.4, -0.2) is 11.4 Å². The zero-order chi connectivity index (χ0) is 9.31. The van der Waals surface area contributed by atoms with Crippen LogP contribution in [-0.2, 0) is 4.79 Å². The number of carbonyl (C=O) groups excluding carboxylic acids is 1. The van der Waals surface area contributed by atoms with Crippen molar-refractivity contribution < 1.29 is 4.79 Å². The van der Waals surface area contributed by atoms with Crippen LogP contribution in [0, 0.1) is 5.92 Å². The second kappa shape index (κ2) is 3.05. The summed E-state index contributed by atoms with van der Waals surface area (Å²) in [5, 5.41) is 3.40. The number of hydrogen-bond donors (Lipinski definition) is 2. The molecule has 0 radical (unpaired) electrons. The van der Waals surface area contributed by atoms with E-state index >= 15 is 0 Å². The number of primary amides is 1. The average molecular weight is 180 g/mol. The molecule has 1 heterocycles. The van der Waals surface area contributed by atoms with Gasteiger partial charge in [-0.25, -0.2) is 0 Å². The van der Waals surface area contributed by atoms with Crippen LogP contribution in [0.25, 0.3) is 0 Å². The molecular weight excluding hydrogens is 164 g/mol. The van der Waals surface area contributed by atoms with Crippen LogP contribution in [0.4, 0.5) is 0 Å². The van der Waals surface area contributed by atoms with E-state index in [9.17, 15) is 4.79 Å². The molecule has 0 saturated heterocycles. The predicted octanol–water partition coefficient (Wildman–Crippen LogP) is 0.908. The van der Waals surface area contributed by atoms with Crippen molar-refractivity contribution in [2.24, 2.45) is 11.7 Å². The summed E-state index contributed by atoms with van der Waals surface area (Å²) >= 11 is 0. The van der Waals surface area contributed by atoms with Gasteiger partial charge in [-0.05, 0) is 38.3 Å². The van der Waals surface area contributed by atoms with E-state index in [4.69, 9.17) is 5.73 Å². The largest absolute Gasteiger partial charge is 0.385 e. The number of hydrogen-bond acceptors (Lipinski definition) is 2. The highest BCUT2D eigenvalue weighted by atomic mass is 16.1. The Bertz CT molecular complexity index is 229. The van der Waals surface area contributed by atoms with Crippen molar-refractivity contribution in [3.8, 4) is 0 Å². The first kappa shape index (κ1) is 8.60. The minimum Gasteiger partial charge on any atom is -0.385 e. The number of amides is 1. The van der Waals surface area contributed by atoms with Crippen LogP contribution in [0.3, 0.4) is 0 Å². The summed E-state index contributed by atoms with van der Waals surface area (Å²) in [6.45, 7) is 0. The molecule has 13 heavy (non-hydrogen) atoms. The lowest BCUT2D eigenvalue weighted by atomic mass is 9.75. The van der Waals surface area contributed by atoms with Gasteiger partial charge in [-0.1, -0.05) is 6.08 Å². The summed E-state index contributed by atoms with van der Waals surface area (Å²) < 4.78 is 0. The van der Waals surface area contributed by atoms with Crippen LogP contribution in [0.1, 0.15) is 32.1 Å². The van der Waals surface area contributed by atoms with Crippen LogP contribution in [0.5, 0.6) is 0 Å². The first-order valence-electron chi connectivity index (χ1n) is 4.94. The zero-order valence-corrected chi connectivity index (χ0v) is 7.75. The number of nitrogens with one attached hydrogen (secondary N) is 1. The molecule has 1 spiro atoms. The Balaban J connectivity index is 1.92. The molecule has 0 aromatic rings. The van der Waals surface area contributed by atoms with Crippen molar-refractivity contribution in [2.75, 3.05) is 0 Å². The van der Waals surface area contributed by atoms with Gasteiger partial charge in [0.15, 0.2) is 0 Å². The quantitative estimate of drug-likeness (QED) is 0.630. The molecule has 1 saturated carbocycles. The second-order valence-corrected chi connectivity index (χ2v) is 4.21. The van der Waals surface area contributed by atoms with Gasteiger partial charge in [0.2, 0.25) is 5.91 Å². The third-order valence-electron chi connectivity index (χ3n) is 3.36. The summed E-state index contributed by atoms with van der Waals surface area (Å²) in [6, 6.07) is 0. The fraction of sp³-hybridized carbons (Fsp3) is 0.700. The van der Waals surface area contributed by atoms with E-state index in [1.54, 1.807) is 0 Å². The molecule has 0 aromatic heterocycles. The molecule has 3 N–H and O–H groups in total. The van der Waals surface area contributed by atoms with Gasteiger partial charge in [0.05, 0.1) is 0 Å². The Labute approximate surface area is 78.4 Å². The highest BCUT2D eigenvalue weighted by molar-refractivity contribution is 5.76. The lowest BCUT2D eigenvalue weighted by Crippen LogP contribution is -2.44. The zero-order valence-electron chi connectivity index (χ0n) is 7.75. The van der Waals surface area contributed by atoms with Crippen molar-refractivity contribution in [1.29, 1.82) is 0 Å². The molecule has 2 aliphatic rings. The predicted molar refractivity (Wildman–Crippen MR) is 50.8 cm³/mol. The third kappa shape index (κ3) is 1.55. The topological polar surface area (TPSA) is 55.1 Å². The van der Waals surface area contributed by atoms with Crippen LogP contribution in [0.15, 0.2) is 12.3 Å². The normalized spacial score (nSPS) is 37.7. The maximum atomic E-state index is 10.9. The van der Waals surface area contributed by atoms with E-state index in [2.05, 4.69) is 11.4 Å². The van der Waals surface area contributed by atoms with Crippen molar-refractivity contribution >= 4 is 5.91 Å². The maximum absolute atomic E-state index is 10.9. The standard InChI is InChI=1S/C10H16N2O/c11-9(13)8-2-5-10(6-3-8)4-1-7-12-10/h1,7-8,12H,2-6H2,(H2,11,13). The van der Waals surface area contributed by atoms with Gasteiger partial charge in [-0.3, -0.25) is 4.79 Å². The van der Waals surface area contributed by atoms with Crippen molar-refractivity contribution in [3.63, 3.8) is 0 Å². The van der Waals surface area contributed by atoms with E-state index in [0.717, 1.165) is 32.1 Å². The highest BCUT2D eigenvalue weighted by Gasteiger charge is 2.36. The van der Waals surface area contributed by atoms with Gasteiger partial charge >= 0.3 is 0 Å². The van der Waals surface area contributed by atoms with E-state index < -0.39 is 0 Å². The maximum Gasteiger partial charge on any atom is 0.220 e. The SMILES string of the molecule is NC(=O)C1CCC2(CC=CN2)CC1. The van der Waals surface area contributed by atoms with Crippen molar-refractivity contribution in [2.45, 2.75) is 37.6 Å². The summed E-state index contributed by atoms with van der Waals surface area (Å²) in [5.41, 5.74) is 5.55. The van der Waals surface area contributed by atoms with Gasteiger partial charge in [0, 0.05) is 11.5 Å². The van der Waals surface area contributed by atoms with Crippen molar-refractivity contribution in [1.82, 2.24) is 5.32 Å². The summed E-state index contributed by atoms with van der Waals surface area (Å²) in [4.78, 5) is 10.9. The molecular formula is C10H16N2O. The smallest absolute Gasteiger partial charge is 0.220 e. The lowest BCUT2D eigenvalue weighted by molar-refractivity contribution is -0.123. The first-order chi connectivity index (χ1) is 6.22. The molecule has 1 fully saturated rings. The average Bonchev–Trinajstić information content (AvgIpc) is 2.54. The summed E-state index contributed by atoms with van der Waals surface area (Å²) in [7, 11) is 0. The van der Waals surface area contributed by atoms with Crippen molar-refractivity contribution in [3.05, 3.63) is 12.3 Å². The Morgan fingerprint density at radius 1 is 1.46 bits per heavy atom. The Morgan fingerprint density at radius 3 is 2.62 bits per heavy atom. The number of nitrogens with two attached hydrogens (primary N) is 1. The monoisotopic (exact) mass is 180 g/mol. The van der Waals surface area contributed by atoms with Gasteiger partial charge < -0.3 is 11.1 Å². The molecule has 0 unspecified atom stereocenters.